The van der Waals surface area contributed by atoms with E-state index in [4.69, 9.17) is 5.11 Å². The fraction of sp³-hybridized carbons (Fsp3) is 0.333. The Morgan fingerprint density at radius 2 is 2.60 bits per heavy atom. The molecule has 3 nitrogen and oxygen atoms in total. The molecule has 1 unspecified atom stereocenters. The van der Waals surface area contributed by atoms with E-state index in [0.29, 0.717) is 9.88 Å². The van der Waals surface area contributed by atoms with Gasteiger partial charge >= 0.3 is 0 Å². The number of aldehydes is 1. The number of hydrogen-bond acceptors (Lipinski definition) is 4. The number of nitrogens with zero attached hydrogens (tertiary/aromatic N) is 1. The third-order valence-electron chi connectivity index (χ3n) is 1.01. The largest absolute Gasteiger partial charge is 0.386 e. The molecule has 0 aliphatic rings. The third-order valence-corrected chi connectivity index (χ3v) is 2.11. The molecular weight excluding hydrogens is 150 g/mol. The lowest BCUT2D eigenvalue weighted by Crippen LogP contribution is -1.86. The highest BCUT2D eigenvalue weighted by Gasteiger charge is 2.05. The zero-order chi connectivity index (χ0) is 7.56. The van der Waals surface area contributed by atoms with E-state index in [1.54, 1.807) is 6.92 Å². The Hall–Kier alpha value is -0.740. The van der Waals surface area contributed by atoms with Crippen LogP contribution in [0.1, 0.15) is 27.7 Å². The first-order valence-electron chi connectivity index (χ1n) is 2.83. The highest BCUT2D eigenvalue weighted by atomic mass is 32.1. The number of hydrogen-bond donors (Lipinski definition) is 1. The van der Waals surface area contributed by atoms with Crippen molar-refractivity contribution in [1.82, 2.24) is 4.98 Å². The third kappa shape index (κ3) is 1.40. The Labute approximate surface area is 62.3 Å². The van der Waals surface area contributed by atoms with Gasteiger partial charge in [-0.1, -0.05) is 0 Å². The monoisotopic (exact) mass is 157 g/mol. The standard InChI is InChI=1S/C6H7NO2S/c1-4(9)6-7-2-5(3-8)10-6/h2-4,9H,1H3. The fourth-order valence-electron chi connectivity index (χ4n) is 0.548. The number of rotatable bonds is 2. The second-order valence-electron chi connectivity index (χ2n) is 1.89. The zero-order valence-electron chi connectivity index (χ0n) is 5.44. The quantitative estimate of drug-likeness (QED) is 0.652. The average molecular weight is 157 g/mol. The molecule has 0 spiro atoms. The molecule has 1 aromatic heterocycles. The number of aliphatic hydroxyl groups excluding tert-OH is 1. The number of carbonyl (C=O) groups is 1. The molecule has 0 saturated carbocycles. The Morgan fingerprint density at radius 1 is 1.90 bits per heavy atom. The molecule has 1 heterocycles. The van der Waals surface area contributed by atoms with Crippen LogP contribution in [0.15, 0.2) is 6.20 Å². The molecule has 1 atom stereocenters. The summed E-state index contributed by atoms with van der Waals surface area (Å²) in [4.78, 5) is 14.5. The molecule has 54 valence electrons. The van der Waals surface area contributed by atoms with E-state index < -0.39 is 6.10 Å². The Kier molecular flexibility index (Phi) is 2.13. The van der Waals surface area contributed by atoms with Gasteiger partial charge in [0.15, 0.2) is 6.29 Å². The van der Waals surface area contributed by atoms with Crippen LogP contribution in [0.25, 0.3) is 0 Å². The van der Waals surface area contributed by atoms with Gasteiger partial charge < -0.3 is 5.11 Å². The first-order chi connectivity index (χ1) is 4.74. The molecule has 1 N–H and O–H groups in total. The molecule has 0 radical (unpaired) electrons. The lowest BCUT2D eigenvalue weighted by molar-refractivity contribution is 0.112. The Balaban J connectivity index is 2.88. The van der Waals surface area contributed by atoms with Crippen LogP contribution in [0.2, 0.25) is 0 Å². The molecule has 0 amide bonds. The van der Waals surface area contributed by atoms with E-state index in [1.807, 2.05) is 0 Å². The van der Waals surface area contributed by atoms with E-state index in [-0.39, 0.29) is 0 Å². The number of aliphatic hydroxyl groups is 1. The van der Waals surface area contributed by atoms with Crippen molar-refractivity contribution in [2.75, 3.05) is 0 Å². The number of thiazole rings is 1. The van der Waals surface area contributed by atoms with Crippen molar-refractivity contribution >= 4 is 17.6 Å². The van der Waals surface area contributed by atoms with E-state index in [1.165, 1.54) is 17.5 Å². The van der Waals surface area contributed by atoms with Gasteiger partial charge in [-0.25, -0.2) is 4.98 Å². The summed E-state index contributed by atoms with van der Waals surface area (Å²) < 4.78 is 0. The van der Waals surface area contributed by atoms with Gasteiger partial charge in [-0.05, 0) is 6.92 Å². The minimum absolute atomic E-state index is 0.552. The molecule has 1 rings (SSSR count). The second kappa shape index (κ2) is 2.90. The van der Waals surface area contributed by atoms with Crippen molar-refractivity contribution in [1.29, 1.82) is 0 Å². The lowest BCUT2D eigenvalue weighted by Gasteiger charge is -1.93. The summed E-state index contributed by atoms with van der Waals surface area (Å²) in [7, 11) is 0. The lowest BCUT2D eigenvalue weighted by atomic mass is 10.4. The van der Waals surface area contributed by atoms with E-state index in [0.717, 1.165) is 6.29 Å². The van der Waals surface area contributed by atoms with Crippen LogP contribution in [0.5, 0.6) is 0 Å². The highest BCUT2D eigenvalue weighted by molar-refractivity contribution is 7.13. The SMILES string of the molecule is CC(O)c1ncc(C=O)s1. The van der Waals surface area contributed by atoms with Gasteiger partial charge in [0, 0.05) is 6.20 Å². The zero-order valence-corrected chi connectivity index (χ0v) is 6.26. The molecule has 4 heteroatoms. The summed E-state index contributed by atoms with van der Waals surface area (Å²) in [5, 5.41) is 9.55. The molecular formula is C6H7NO2S. The molecule has 0 bridgehead atoms. The van der Waals surface area contributed by atoms with Gasteiger partial charge in [0.25, 0.3) is 0 Å². The summed E-state index contributed by atoms with van der Waals surface area (Å²) in [5.41, 5.74) is 0. The average Bonchev–Trinajstić information content (AvgIpc) is 2.34. The minimum Gasteiger partial charge on any atom is -0.386 e. The van der Waals surface area contributed by atoms with Crippen LogP contribution in [0, 0.1) is 0 Å². The van der Waals surface area contributed by atoms with E-state index >= 15 is 0 Å². The van der Waals surface area contributed by atoms with E-state index in [2.05, 4.69) is 4.98 Å². The molecule has 0 saturated heterocycles. The maximum Gasteiger partial charge on any atom is 0.161 e. The van der Waals surface area contributed by atoms with Crippen LogP contribution in [-0.4, -0.2) is 16.4 Å². The summed E-state index contributed by atoms with van der Waals surface area (Å²) in [5.74, 6) is 0. The minimum atomic E-state index is -0.571. The predicted molar refractivity (Wildman–Crippen MR) is 38.1 cm³/mol. The van der Waals surface area contributed by atoms with Gasteiger partial charge in [-0.3, -0.25) is 4.79 Å². The smallest absolute Gasteiger partial charge is 0.161 e. The van der Waals surface area contributed by atoms with Crippen molar-refractivity contribution in [2.45, 2.75) is 13.0 Å². The van der Waals surface area contributed by atoms with E-state index in [9.17, 15) is 4.79 Å². The van der Waals surface area contributed by atoms with Crippen LogP contribution < -0.4 is 0 Å². The first kappa shape index (κ1) is 7.37. The van der Waals surface area contributed by atoms with Gasteiger partial charge in [-0.15, -0.1) is 11.3 Å². The summed E-state index contributed by atoms with van der Waals surface area (Å²) in [6.45, 7) is 1.62. The van der Waals surface area contributed by atoms with Gasteiger partial charge in [0.2, 0.25) is 0 Å². The highest BCUT2D eigenvalue weighted by Crippen LogP contribution is 2.17. The fourth-order valence-corrected chi connectivity index (χ4v) is 1.22. The molecule has 1 aromatic rings. The summed E-state index contributed by atoms with van der Waals surface area (Å²) >= 11 is 1.21. The van der Waals surface area contributed by atoms with Crippen molar-refractivity contribution in [3.05, 3.63) is 16.1 Å². The van der Waals surface area contributed by atoms with Gasteiger partial charge in [0.1, 0.15) is 11.1 Å². The van der Waals surface area contributed by atoms with Crippen LogP contribution in [0.3, 0.4) is 0 Å². The Bertz CT molecular complexity index is 231. The van der Waals surface area contributed by atoms with Crippen LogP contribution >= 0.6 is 11.3 Å². The topological polar surface area (TPSA) is 50.2 Å². The normalized spacial score (nSPS) is 13.0. The number of aromatic nitrogens is 1. The molecule has 0 aromatic carbocycles. The molecule has 0 aliphatic carbocycles. The number of carbonyl (C=O) groups excluding carboxylic acids is 1. The first-order valence-corrected chi connectivity index (χ1v) is 3.64. The van der Waals surface area contributed by atoms with Crippen molar-refractivity contribution in [3.63, 3.8) is 0 Å². The Morgan fingerprint density at radius 3 is 2.90 bits per heavy atom. The van der Waals surface area contributed by atoms with Crippen molar-refractivity contribution in [2.24, 2.45) is 0 Å². The summed E-state index contributed by atoms with van der Waals surface area (Å²) in [6.07, 6.45) is 1.61. The van der Waals surface area contributed by atoms with Gasteiger partial charge in [-0.2, -0.15) is 0 Å². The van der Waals surface area contributed by atoms with Crippen LogP contribution in [0.4, 0.5) is 0 Å². The molecule has 10 heavy (non-hydrogen) atoms. The second-order valence-corrected chi connectivity index (χ2v) is 2.99. The maximum atomic E-state index is 10.1. The van der Waals surface area contributed by atoms with Crippen LogP contribution in [-0.2, 0) is 0 Å². The molecule has 0 fully saturated rings. The molecule has 0 aliphatic heterocycles. The predicted octanol–water partition coefficient (Wildman–Crippen LogP) is 1.01. The van der Waals surface area contributed by atoms with Gasteiger partial charge in [0.05, 0.1) is 4.88 Å². The maximum absolute atomic E-state index is 10.1. The summed E-state index contributed by atoms with van der Waals surface area (Å²) in [6, 6.07) is 0. The van der Waals surface area contributed by atoms with Crippen molar-refractivity contribution in [3.8, 4) is 0 Å². The van der Waals surface area contributed by atoms with Crippen molar-refractivity contribution < 1.29 is 9.90 Å².